The summed E-state index contributed by atoms with van der Waals surface area (Å²) in [6.07, 6.45) is 3.17. The van der Waals surface area contributed by atoms with Crippen molar-refractivity contribution in [3.05, 3.63) is 107 Å². The van der Waals surface area contributed by atoms with Gasteiger partial charge in [0.1, 0.15) is 11.6 Å². The molecule has 0 aliphatic heterocycles. The van der Waals surface area contributed by atoms with E-state index in [-0.39, 0.29) is 23.9 Å². The molecule has 0 atom stereocenters. The summed E-state index contributed by atoms with van der Waals surface area (Å²) in [5.74, 6) is -0.762. The van der Waals surface area contributed by atoms with Crippen molar-refractivity contribution in [2.45, 2.75) is 6.92 Å². The molecule has 0 aliphatic carbocycles. The summed E-state index contributed by atoms with van der Waals surface area (Å²) in [7, 11) is 0. The van der Waals surface area contributed by atoms with Crippen molar-refractivity contribution in [2.75, 3.05) is 10.6 Å². The zero-order valence-corrected chi connectivity index (χ0v) is 19.1. The number of aromatic nitrogens is 1. The quantitative estimate of drug-likeness (QED) is 0.287. The van der Waals surface area contributed by atoms with Crippen LogP contribution in [-0.4, -0.2) is 16.8 Å². The van der Waals surface area contributed by atoms with Gasteiger partial charge in [-0.3, -0.25) is 14.6 Å². The first-order valence-corrected chi connectivity index (χ1v) is 10.3. The number of fused-ring (bicyclic) bond motifs is 1. The summed E-state index contributed by atoms with van der Waals surface area (Å²) in [4.78, 5) is 29.5. The predicted octanol–water partition coefficient (Wildman–Crippen LogP) is 5.76. The van der Waals surface area contributed by atoms with Crippen molar-refractivity contribution in [1.82, 2.24) is 4.98 Å². The lowest BCUT2D eigenvalue weighted by Gasteiger charge is -2.08. The minimum absolute atomic E-state index is 0. The Morgan fingerprint density at radius 1 is 0.941 bits per heavy atom. The van der Waals surface area contributed by atoms with Crippen LogP contribution in [0.5, 0.6) is 0 Å². The van der Waals surface area contributed by atoms with E-state index >= 15 is 0 Å². The molecular weight excluding hydrogens is 448 g/mol. The molecule has 168 valence electrons. The van der Waals surface area contributed by atoms with Crippen LogP contribution in [0.15, 0.2) is 90.6 Å². The zero-order valence-electron chi connectivity index (χ0n) is 18.3. The molecule has 1 heterocycles. The van der Waals surface area contributed by atoms with Crippen LogP contribution in [-0.2, 0) is 4.79 Å². The van der Waals surface area contributed by atoms with Crippen LogP contribution in [0.4, 0.5) is 11.4 Å². The number of pyridine rings is 1. The Labute approximate surface area is 203 Å². The summed E-state index contributed by atoms with van der Waals surface area (Å²) in [5.41, 5.74) is 4.05. The molecule has 3 aromatic carbocycles. The first kappa shape index (κ1) is 24.2. The van der Waals surface area contributed by atoms with Crippen LogP contribution < -0.4 is 10.6 Å². The van der Waals surface area contributed by atoms with Gasteiger partial charge >= 0.3 is 0 Å². The standard InChI is InChI=1S/C27H20N4O2.ClH/c1-18-10-12-20(13-11-18)26(32)30-22-6-2-5-19(16-22)15-21(17-28)27(33)31-25-9-3-8-24-23(25)7-4-14-29-24;/h2-16H,1H3,(H,30,32)(H,31,33);1H/b21-15+;. The number of nitrogens with one attached hydrogen (secondary N) is 2. The number of nitrogens with zero attached hydrogens (tertiary/aromatic N) is 2. The van der Waals surface area contributed by atoms with Crippen molar-refractivity contribution < 1.29 is 9.59 Å². The lowest BCUT2D eigenvalue weighted by molar-refractivity contribution is -0.112. The van der Waals surface area contributed by atoms with Gasteiger partial charge in [-0.1, -0.05) is 35.9 Å². The van der Waals surface area contributed by atoms with Gasteiger partial charge in [-0.25, -0.2) is 0 Å². The summed E-state index contributed by atoms with van der Waals surface area (Å²) in [6, 6.07) is 25.2. The van der Waals surface area contributed by atoms with Gasteiger partial charge < -0.3 is 10.6 Å². The van der Waals surface area contributed by atoms with E-state index in [9.17, 15) is 14.9 Å². The van der Waals surface area contributed by atoms with E-state index in [1.54, 1.807) is 60.8 Å². The summed E-state index contributed by atoms with van der Waals surface area (Å²) >= 11 is 0. The molecule has 1 aromatic heterocycles. The Bertz CT molecular complexity index is 1420. The minimum atomic E-state index is -0.525. The number of nitriles is 1. The Morgan fingerprint density at radius 3 is 2.47 bits per heavy atom. The molecule has 4 rings (SSSR count). The maximum atomic E-state index is 12.8. The highest BCUT2D eigenvalue weighted by Crippen LogP contribution is 2.22. The van der Waals surface area contributed by atoms with Gasteiger partial charge in [0.15, 0.2) is 0 Å². The van der Waals surface area contributed by atoms with Crippen LogP contribution in [0.25, 0.3) is 17.0 Å². The summed E-state index contributed by atoms with van der Waals surface area (Å²) in [6.45, 7) is 1.96. The van der Waals surface area contributed by atoms with Gasteiger partial charge in [-0.15, -0.1) is 12.4 Å². The highest BCUT2D eigenvalue weighted by Gasteiger charge is 2.12. The van der Waals surface area contributed by atoms with Gasteiger partial charge in [0, 0.05) is 22.8 Å². The Balaban J connectivity index is 0.00000324. The predicted molar refractivity (Wildman–Crippen MR) is 137 cm³/mol. The van der Waals surface area contributed by atoms with E-state index in [4.69, 9.17) is 0 Å². The molecule has 6 nitrogen and oxygen atoms in total. The summed E-state index contributed by atoms with van der Waals surface area (Å²) in [5, 5.41) is 16.0. The SMILES string of the molecule is Cc1ccc(C(=O)Nc2cccc(/C=C(\C#N)C(=O)Nc3cccc4ncccc34)c2)cc1.Cl. The molecule has 0 spiro atoms. The van der Waals surface area contributed by atoms with Crippen molar-refractivity contribution in [1.29, 1.82) is 5.26 Å². The lowest BCUT2D eigenvalue weighted by Crippen LogP contribution is -2.14. The molecule has 2 amide bonds. The number of carbonyl (C=O) groups is 2. The van der Waals surface area contributed by atoms with E-state index in [2.05, 4.69) is 15.6 Å². The molecule has 0 aliphatic rings. The maximum Gasteiger partial charge on any atom is 0.266 e. The van der Waals surface area contributed by atoms with E-state index in [0.717, 1.165) is 16.5 Å². The van der Waals surface area contributed by atoms with Crippen molar-refractivity contribution in [2.24, 2.45) is 0 Å². The van der Waals surface area contributed by atoms with Crippen LogP contribution in [0.1, 0.15) is 21.5 Å². The normalized spacial score (nSPS) is 10.6. The highest BCUT2D eigenvalue weighted by atomic mass is 35.5. The number of anilines is 2. The smallest absolute Gasteiger partial charge is 0.266 e. The van der Waals surface area contributed by atoms with Crippen molar-refractivity contribution in [3.8, 4) is 6.07 Å². The maximum absolute atomic E-state index is 12.8. The molecule has 0 saturated carbocycles. The fraction of sp³-hybridized carbons (Fsp3) is 0.0370. The monoisotopic (exact) mass is 468 g/mol. The third kappa shape index (κ3) is 5.66. The average Bonchev–Trinajstić information content (AvgIpc) is 2.83. The fourth-order valence-electron chi connectivity index (χ4n) is 3.33. The van der Waals surface area contributed by atoms with Gasteiger partial charge in [0.2, 0.25) is 0 Å². The molecule has 0 unspecified atom stereocenters. The first-order valence-electron chi connectivity index (χ1n) is 10.3. The number of hydrogen-bond acceptors (Lipinski definition) is 4. The van der Waals surface area contributed by atoms with Crippen molar-refractivity contribution >= 4 is 52.6 Å². The number of amides is 2. The van der Waals surface area contributed by atoms with Crippen molar-refractivity contribution in [3.63, 3.8) is 0 Å². The Morgan fingerprint density at radius 2 is 1.71 bits per heavy atom. The minimum Gasteiger partial charge on any atom is -0.322 e. The third-order valence-electron chi connectivity index (χ3n) is 5.03. The summed E-state index contributed by atoms with van der Waals surface area (Å²) < 4.78 is 0. The molecule has 0 fully saturated rings. The van der Waals surface area contributed by atoms with Gasteiger partial charge in [-0.05, 0) is 67.1 Å². The van der Waals surface area contributed by atoms with Crippen LogP contribution >= 0.6 is 12.4 Å². The molecule has 0 bridgehead atoms. The number of carbonyl (C=O) groups excluding carboxylic acids is 2. The molecule has 0 radical (unpaired) electrons. The molecular formula is C27H21ClN4O2. The van der Waals surface area contributed by atoms with E-state index in [1.807, 2.05) is 37.3 Å². The zero-order chi connectivity index (χ0) is 23.2. The van der Waals surface area contributed by atoms with Crippen LogP contribution in [0.2, 0.25) is 0 Å². The number of benzene rings is 3. The van der Waals surface area contributed by atoms with E-state index in [1.165, 1.54) is 6.08 Å². The molecule has 7 heteroatoms. The second-order valence-electron chi connectivity index (χ2n) is 7.45. The van der Waals surface area contributed by atoms with E-state index in [0.29, 0.717) is 22.5 Å². The number of halogens is 1. The molecule has 2 N–H and O–H groups in total. The van der Waals surface area contributed by atoms with Gasteiger partial charge in [0.25, 0.3) is 11.8 Å². The van der Waals surface area contributed by atoms with Crippen LogP contribution in [0, 0.1) is 18.3 Å². The second kappa shape index (κ2) is 10.9. The average molecular weight is 469 g/mol. The van der Waals surface area contributed by atoms with Crippen LogP contribution in [0.3, 0.4) is 0 Å². The third-order valence-corrected chi connectivity index (χ3v) is 5.03. The highest BCUT2D eigenvalue weighted by molar-refractivity contribution is 6.12. The first-order chi connectivity index (χ1) is 16.0. The topological polar surface area (TPSA) is 94.9 Å². The molecule has 34 heavy (non-hydrogen) atoms. The van der Waals surface area contributed by atoms with Gasteiger partial charge in [0.05, 0.1) is 11.2 Å². The lowest BCUT2D eigenvalue weighted by atomic mass is 10.1. The molecule has 4 aromatic rings. The number of hydrogen-bond donors (Lipinski definition) is 2. The van der Waals surface area contributed by atoms with E-state index < -0.39 is 5.91 Å². The fourth-order valence-corrected chi connectivity index (χ4v) is 3.33. The second-order valence-corrected chi connectivity index (χ2v) is 7.45. The largest absolute Gasteiger partial charge is 0.322 e. The number of rotatable bonds is 5. The Hall–Kier alpha value is -4.47. The molecule has 0 saturated heterocycles. The Kier molecular flexibility index (Phi) is 7.75. The number of aryl methyl sites for hydroxylation is 1. The van der Waals surface area contributed by atoms with Gasteiger partial charge in [-0.2, -0.15) is 5.26 Å².